The zero-order chi connectivity index (χ0) is 9.84. The monoisotopic (exact) mass is 178 g/mol. The molecule has 0 bridgehead atoms. The summed E-state index contributed by atoms with van der Waals surface area (Å²) in [5, 5.41) is 11.5. The molecule has 0 saturated heterocycles. The van der Waals surface area contributed by atoms with Crippen LogP contribution in [0.5, 0.6) is 0 Å². The van der Waals surface area contributed by atoms with Gasteiger partial charge >= 0.3 is 0 Å². The fourth-order valence-electron chi connectivity index (χ4n) is 1.06. The van der Waals surface area contributed by atoms with Crippen LogP contribution in [0.3, 0.4) is 0 Å². The molecule has 3 heteroatoms. The molecule has 1 aromatic carbocycles. The van der Waals surface area contributed by atoms with E-state index in [1.807, 2.05) is 6.92 Å². The summed E-state index contributed by atoms with van der Waals surface area (Å²) in [6.45, 7) is 1.93. The summed E-state index contributed by atoms with van der Waals surface area (Å²) in [5.41, 5.74) is 0.936. The Hall–Kier alpha value is -1.40. The van der Waals surface area contributed by atoms with E-state index < -0.39 is 5.82 Å². The predicted octanol–water partition coefficient (Wildman–Crippen LogP) is 1.98. The van der Waals surface area contributed by atoms with Gasteiger partial charge in [0.25, 0.3) is 0 Å². The third-order valence-corrected chi connectivity index (χ3v) is 2.05. The van der Waals surface area contributed by atoms with Crippen molar-refractivity contribution < 1.29 is 4.39 Å². The zero-order valence-electron chi connectivity index (χ0n) is 7.63. The van der Waals surface area contributed by atoms with E-state index in [9.17, 15) is 4.39 Å². The number of hydrogen-bond donors (Lipinski definition) is 1. The van der Waals surface area contributed by atoms with Gasteiger partial charge in [0.2, 0.25) is 0 Å². The van der Waals surface area contributed by atoms with Crippen molar-refractivity contribution in [3.05, 3.63) is 35.1 Å². The van der Waals surface area contributed by atoms with Gasteiger partial charge in [-0.2, -0.15) is 5.26 Å². The molecule has 0 radical (unpaired) electrons. The van der Waals surface area contributed by atoms with Crippen molar-refractivity contribution in [3.8, 4) is 6.07 Å². The fourth-order valence-corrected chi connectivity index (χ4v) is 1.06. The minimum Gasteiger partial charge on any atom is -0.313 e. The lowest BCUT2D eigenvalue weighted by Gasteiger charge is -2.10. The summed E-state index contributed by atoms with van der Waals surface area (Å²) >= 11 is 0. The summed E-state index contributed by atoms with van der Waals surface area (Å²) in [6.07, 6.45) is 0. The number of nitrogens with one attached hydrogen (secondary N) is 1. The van der Waals surface area contributed by atoms with Crippen LogP contribution in [0.2, 0.25) is 0 Å². The maximum absolute atomic E-state index is 13.1. The molecular weight excluding hydrogens is 167 g/mol. The van der Waals surface area contributed by atoms with Crippen molar-refractivity contribution in [2.45, 2.75) is 13.0 Å². The summed E-state index contributed by atoms with van der Waals surface area (Å²) in [4.78, 5) is 0. The van der Waals surface area contributed by atoms with Gasteiger partial charge in [0.05, 0.1) is 5.56 Å². The maximum Gasteiger partial charge on any atom is 0.141 e. The lowest BCUT2D eigenvalue weighted by molar-refractivity contribution is 0.605. The molecule has 1 rings (SSSR count). The number of rotatable bonds is 2. The SMILES string of the molecule is CNC(C)c1ccc(C#N)c(F)c1. The minimum absolute atomic E-state index is 0.0899. The molecule has 0 aromatic heterocycles. The van der Waals surface area contributed by atoms with E-state index in [-0.39, 0.29) is 11.6 Å². The van der Waals surface area contributed by atoms with Crippen molar-refractivity contribution in [3.63, 3.8) is 0 Å². The Morgan fingerprint density at radius 3 is 2.69 bits per heavy atom. The van der Waals surface area contributed by atoms with Crippen LogP contribution < -0.4 is 5.32 Å². The molecule has 1 unspecified atom stereocenters. The summed E-state index contributed by atoms with van der Waals surface area (Å²) in [7, 11) is 1.81. The molecule has 0 fully saturated rings. The quantitative estimate of drug-likeness (QED) is 0.751. The second-order valence-electron chi connectivity index (χ2n) is 2.86. The van der Waals surface area contributed by atoms with Gasteiger partial charge in [0.15, 0.2) is 0 Å². The van der Waals surface area contributed by atoms with E-state index in [4.69, 9.17) is 5.26 Å². The first-order valence-corrected chi connectivity index (χ1v) is 4.06. The zero-order valence-corrected chi connectivity index (χ0v) is 7.63. The molecule has 0 aliphatic rings. The van der Waals surface area contributed by atoms with E-state index in [0.717, 1.165) is 5.56 Å². The fraction of sp³-hybridized carbons (Fsp3) is 0.300. The van der Waals surface area contributed by atoms with Crippen LogP contribution in [0, 0.1) is 17.1 Å². The number of nitriles is 1. The second kappa shape index (κ2) is 4.01. The van der Waals surface area contributed by atoms with Crippen LogP contribution >= 0.6 is 0 Å². The highest BCUT2D eigenvalue weighted by Crippen LogP contribution is 2.15. The van der Waals surface area contributed by atoms with Gasteiger partial charge < -0.3 is 5.32 Å². The van der Waals surface area contributed by atoms with Crippen LogP contribution in [0.15, 0.2) is 18.2 Å². The van der Waals surface area contributed by atoms with Crippen LogP contribution in [-0.2, 0) is 0 Å². The van der Waals surface area contributed by atoms with E-state index in [0.29, 0.717) is 0 Å². The Balaban J connectivity index is 3.04. The minimum atomic E-state index is -0.456. The Bertz CT molecular complexity index is 341. The first-order chi connectivity index (χ1) is 6.19. The molecular formula is C10H11FN2. The Kier molecular flexibility index (Phi) is 2.99. The first kappa shape index (κ1) is 9.69. The molecule has 68 valence electrons. The average molecular weight is 178 g/mol. The number of halogens is 1. The molecule has 0 aliphatic heterocycles. The largest absolute Gasteiger partial charge is 0.313 e. The normalized spacial score (nSPS) is 12.2. The van der Waals surface area contributed by atoms with Crippen molar-refractivity contribution >= 4 is 0 Å². The summed E-state index contributed by atoms with van der Waals surface area (Å²) in [5.74, 6) is -0.456. The van der Waals surface area contributed by atoms with Gasteiger partial charge in [-0.15, -0.1) is 0 Å². The molecule has 1 N–H and O–H groups in total. The molecule has 1 aromatic rings. The Morgan fingerprint density at radius 1 is 1.54 bits per heavy atom. The first-order valence-electron chi connectivity index (χ1n) is 4.06. The Morgan fingerprint density at radius 2 is 2.23 bits per heavy atom. The maximum atomic E-state index is 13.1. The van der Waals surface area contributed by atoms with Crippen LogP contribution in [0.1, 0.15) is 24.1 Å². The van der Waals surface area contributed by atoms with Crippen molar-refractivity contribution in [2.75, 3.05) is 7.05 Å². The van der Waals surface area contributed by atoms with Gasteiger partial charge in [0, 0.05) is 6.04 Å². The third-order valence-electron chi connectivity index (χ3n) is 2.05. The highest BCUT2D eigenvalue weighted by Gasteiger charge is 2.06. The Labute approximate surface area is 77.0 Å². The lowest BCUT2D eigenvalue weighted by atomic mass is 10.1. The van der Waals surface area contributed by atoms with E-state index >= 15 is 0 Å². The molecule has 0 heterocycles. The van der Waals surface area contributed by atoms with E-state index in [1.54, 1.807) is 19.2 Å². The molecule has 2 nitrogen and oxygen atoms in total. The molecule has 0 aliphatic carbocycles. The molecule has 13 heavy (non-hydrogen) atoms. The molecule has 0 amide bonds. The number of hydrogen-bond acceptors (Lipinski definition) is 2. The van der Waals surface area contributed by atoms with Crippen LogP contribution in [-0.4, -0.2) is 7.05 Å². The summed E-state index contributed by atoms with van der Waals surface area (Å²) in [6, 6.07) is 6.52. The smallest absolute Gasteiger partial charge is 0.141 e. The van der Waals surface area contributed by atoms with E-state index in [2.05, 4.69) is 5.32 Å². The topological polar surface area (TPSA) is 35.8 Å². The van der Waals surface area contributed by atoms with Gasteiger partial charge in [-0.1, -0.05) is 6.07 Å². The molecule has 1 atom stereocenters. The van der Waals surface area contributed by atoms with Gasteiger partial charge in [-0.25, -0.2) is 4.39 Å². The third kappa shape index (κ3) is 2.04. The number of benzene rings is 1. The van der Waals surface area contributed by atoms with Crippen LogP contribution in [0.25, 0.3) is 0 Å². The standard InChI is InChI=1S/C10H11FN2/c1-7(13-2)8-3-4-9(6-12)10(11)5-8/h3-5,7,13H,1-2H3. The van der Waals surface area contributed by atoms with Crippen molar-refractivity contribution in [1.29, 1.82) is 5.26 Å². The van der Waals surface area contributed by atoms with Gasteiger partial charge in [0.1, 0.15) is 11.9 Å². The van der Waals surface area contributed by atoms with Crippen molar-refractivity contribution in [1.82, 2.24) is 5.32 Å². The lowest BCUT2D eigenvalue weighted by Crippen LogP contribution is -2.12. The van der Waals surface area contributed by atoms with Gasteiger partial charge in [-0.05, 0) is 31.7 Å². The highest BCUT2D eigenvalue weighted by molar-refractivity contribution is 5.34. The average Bonchev–Trinajstić information content (AvgIpc) is 2.16. The second-order valence-corrected chi connectivity index (χ2v) is 2.86. The molecule has 0 saturated carbocycles. The molecule has 0 spiro atoms. The van der Waals surface area contributed by atoms with E-state index in [1.165, 1.54) is 12.1 Å². The van der Waals surface area contributed by atoms with Crippen LogP contribution in [0.4, 0.5) is 4.39 Å². The van der Waals surface area contributed by atoms with Gasteiger partial charge in [-0.3, -0.25) is 0 Å². The highest BCUT2D eigenvalue weighted by atomic mass is 19.1. The number of nitrogens with zero attached hydrogens (tertiary/aromatic N) is 1. The van der Waals surface area contributed by atoms with Crippen molar-refractivity contribution in [2.24, 2.45) is 0 Å². The summed E-state index contributed by atoms with van der Waals surface area (Å²) < 4.78 is 13.1. The predicted molar refractivity (Wildman–Crippen MR) is 48.6 cm³/mol.